The molecule has 0 N–H and O–H groups in total. The van der Waals surface area contributed by atoms with Crippen molar-refractivity contribution in [2.45, 2.75) is 19.4 Å². The number of nitrogens with zero attached hydrogens (tertiary/aromatic N) is 2. The molecule has 1 heterocycles. The molecule has 1 saturated heterocycles. The number of amides is 1. The van der Waals surface area contributed by atoms with Crippen LogP contribution in [0, 0.1) is 12.8 Å². The molecule has 1 aromatic carbocycles. The maximum atomic E-state index is 12.8. The Morgan fingerprint density at radius 1 is 1.30 bits per heavy atom. The third kappa shape index (κ3) is 5.00. The van der Waals surface area contributed by atoms with Gasteiger partial charge in [-0.2, -0.15) is 8.42 Å². The second-order valence-electron chi connectivity index (χ2n) is 6.46. The van der Waals surface area contributed by atoms with E-state index in [1.54, 1.807) is 4.90 Å². The average molecular weight is 342 g/mol. The first-order chi connectivity index (χ1) is 10.7. The van der Waals surface area contributed by atoms with Gasteiger partial charge in [0.2, 0.25) is 5.91 Å². The number of carbonyl (C=O) groups excluding carboxylic acids is 1. The quantitative estimate of drug-likeness (QED) is 0.739. The summed E-state index contributed by atoms with van der Waals surface area (Å²) < 4.78 is 34.4. The lowest BCUT2D eigenvalue weighted by Gasteiger charge is -2.29. The summed E-state index contributed by atoms with van der Waals surface area (Å²) in [5.41, 5.74) is 2.26. The first-order valence-corrected chi connectivity index (χ1v) is 9.14. The van der Waals surface area contributed by atoms with Gasteiger partial charge in [0, 0.05) is 25.4 Å². The van der Waals surface area contributed by atoms with Crippen molar-refractivity contribution in [1.29, 1.82) is 0 Å². The number of carbonyl (C=O) groups is 1. The maximum absolute atomic E-state index is 12.8. The largest absolute Gasteiger partial charge is 0.340 e. The van der Waals surface area contributed by atoms with Crippen LogP contribution < -0.4 is 0 Å². The van der Waals surface area contributed by atoms with Crippen LogP contribution in [-0.2, 0) is 15.0 Å². The van der Waals surface area contributed by atoms with Gasteiger partial charge in [-0.25, -0.2) is 0 Å². The third-order valence-electron chi connectivity index (χ3n) is 4.21. The Balaban J connectivity index is 2.08. The lowest BCUT2D eigenvalue weighted by atomic mass is 10.0. The standard InChI is InChI=1S/C16H23FN2O3S/c1-12-4-6-14(7-5-12)15(18(2)3)10-19-9-13(8-16(19)20)11-23(17,21)22/h4-7,13,15H,8-11H2,1-3H3. The summed E-state index contributed by atoms with van der Waals surface area (Å²) in [5.74, 6) is -1.15. The maximum Gasteiger partial charge on any atom is 0.302 e. The van der Waals surface area contributed by atoms with E-state index < -0.39 is 21.9 Å². The smallest absolute Gasteiger partial charge is 0.302 e. The number of halogens is 1. The minimum Gasteiger partial charge on any atom is -0.340 e. The van der Waals surface area contributed by atoms with Crippen LogP contribution in [0.1, 0.15) is 23.6 Å². The first kappa shape index (κ1) is 17.9. The number of hydrogen-bond acceptors (Lipinski definition) is 4. The number of hydrogen-bond donors (Lipinski definition) is 0. The lowest BCUT2D eigenvalue weighted by molar-refractivity contribution is -0.128. The second-order valence-corrected chi connectivity index (χ2v) is 7.88. The van der Waals surface area contributed by atoms with Crippen LogP contribution >= 0.6 is 0 Å². The Morgan fingerprint density at radius 3 is 2.43 bits per heavy atom. The Morgan fingerprint density at radius 2 is 1.91 bits per heavy atom. The highest BCUT2D eigenvalue weighted by molar-refractivity contribution is 7.86. The summed E-state index contributed by atoms with van der Waals surface area (Å²) in [6.07, 6.45) is 0.0944. The summed E-state index contributed by atoms with van der Waals surface area (Å²) in [4.78, 5) is 15.8. The zero-order valence-electron chi connectivity index (χ0n) is 13.7. The van der Waals surface area contributed by atoms with Crippen molar-refractivity contribution in [1.82, 2.24) is 9.80 Å². The molecule has 2 rings (SSSR count). The van der Waals surface area contributed by atoms with E-state index in [2.05, 4.69) is 0 Å². The Bertz CT molecular complexity index is 658. The molecular weight excluding hydrogens is 319 g/mol. The van der Waals surface area contributed by atoms with Crippen LogP contribution in [0.25, 0.3) is 0 Å². The van der Waals surface area contributed by atoms with Gasteiger partial charge in [0.15, 0.2) is 0 Å². The fraction of sp³-hybridized carbons (Fsp3) is 0.562. The van der Waals surface area contributed by atoms with Crippen molar-refractivity contribution < 1.29 is 17.1 Å². The topological polar surface area (TPSA) is 57.7 Å². The van der Waals surface area contributed by atoms with Gasteiger partial charge >= 0.3 is 10.2 Å². The van der Waals surface area contributed by atoms with Crippen molar-refractivity contribution in [2.75, 3.05) is 32.9 Å². The highest BCUT2D eigenvalue weighted by atomic mass is 32.3. The molecule has 0 aromatic heterocycles. The monoisotopic (exact) mass is 342 g/mol. The summed E-state index contributed by atoms with van der Waals surface area (Å²) in [7, 11) is -0.667. The van der Waals surface area contributed by atoms with Gasteiger partial charge in [0.25, 0.3) is 0 Å². The molecule has 128 valence electrons. The molecule has 1 aliphatic rings. The molecule has 1 fully saturated rings. The van der Waals surface area contributed by atoms with Gasteiger partial charge in [-0.05, 0) is 26.6 Å². The molecule has 0 aliphatic carbocycles. The fourth-order valence-corrected chi connectivity index (χ4v) is 3.77. The summed E-state index contributed by atoms with van der Waals surface area (Å²) in [5, 5.41) is 0. The van der Waals surface area contributed by atoms with Crippen molar-refractivity contribution >= 4 is 16.1 Å². The fourth-order valence-electron chi connectivity index (χ4n) is 2.99. The molecular formula is C16H23FN2O3S. The number of benzene rings is 1. The van der Waals surface area contributed by atoms with E-state index >= 15 is 0 Å². The number of rotatable bonds is 6. The predicted octanol–water partition coefficient (Wildman–Crippen LogP) is 1.75. The molecule has 0 bridgehead atoms. The van der Waals surface area contributed by atoms with Gasteiger partial charge in [-0.1, -0.05) is 29.8 Å². The van der Waals surface area contributed by atoms with Crippen molar-refractivity contribution in [3.05, 3.63) is 35.4 Å². The van der Waals surface area contributed by atoms with E-state index in [0.29, 0.717) is 6.54 Å². The van der Waals surface area contributed by atoms with E-state index in [-0.39, 0.29) is 24.9 Å². The van der Waals surface area contributed by atoms with Crippen molar-refractivity contribution in [2.24, 2.45) is 5.92 Å². The molecule has 2 unspecified atom stereocenters. The van der Waals surface area contributed by atoms with Crippen LogP contribution in [0.2, 0.25) is 0 Å². The predicted molar refractivity (Wildman–Crippen MR) is 87.2 cm³/mol. The van der Waals surface area contributed by atoms with Gasteiger partial charge in [0.1, 0.15) is 0 Å². The molecule has 1 aliphatic heterocycles. The van der Waals surface area contributed by atoms with Crippen LogP contribution in [0.3, 0.4) is 0 Å². The van der Waals surface area contributed by atoms with Gasteiger partial charge in [0.05, 0.1) is 11.8 Å². The molecule has 1 aromatic rings. The highest BCUT2D eigenvalue weighted by Gasteiger charge is 2.34. The molecule has 2 atom stereocenters. The SMILES string of the molecule is Cc1ccc(C(CN2CC(CS(=O)(=O)F)CC2=O)N(C)C)cc1. The molecule has 5 nitrogen and oxygen atoms in total. The molecule has 0 radical (unpaired) electrons. The minimum absolute atomic E-state index is 0.0142. The van der Waals surface area contributed by atoms with Gasteiger partial charge in [-0.15, -0.1) is 3.89 Å². The Labute approximate surface area is 137 Å². The van der Waals surface area contributed by atoms with E-state index in [4.69, 9.17) is 0 Å². The van der Waals surface area contributed by atoms with E-state index in [9.17, 15) is 17.1 Å². The van der Waals surface area contributed by atoms with Crippen LogP contribution in [0.5, 0.6) is 0 Å². The average Bonchev–Trinajstić information content (AvgIpc) is 2.74. The zero-order chi connectivity index (χ0) is 17.2. The molecule has 23 heavy (non-hydrogen) atoms. The zero-order valence-corrected chi connectivity index (χ0v) is 14.5. The van der Waals surface area contributed by atoms with Crippen LogP contribution in [0.4, 0.5) is 3.89 Å². The highest BCUT2D eigenvalue weighted by Crippen LogP contribution is 2.26. The first-order valence-electron chi connectivity index (χ1n) is 7.59. The second kappa shape index (κ2) is 6.97. The van der Waals surface area contributed by atoms with Crippen LogP contribution in [0.15, 0.2) is 24.3 Å². The Hall–Kier alpha value is -1.47. The molecule has 0 spiro atoms. The molecule has 1 amide bonds. The van der Waals surface area contributed by atoms with E-state index in [1.807, 2.05) is 50.2 Å². The number of likely N-dealkylation sites (tertiary alicyclic amines) is 1. The summed E-state index contributed by atoms with van der Waals surface area (Å²) in [6.45, 7) is 2.77. The molecule has 0 saturated carbocycles. The van der Waals surface area contributed by atoms with Crippen molar-refractivity contribution in [3.63, 3.8) is 0 Å². The third-order valence-corrected chi connectivity index (χ3v) is 5.08. The van der Waals surface area contributed by atoms with E-state index in [0.717, 1.165) is 11.1 Å². The van der Waals surface area contributed by atoms with Crippen molar-refractivity contribution in [3.8, 4) is 0 Å². The molecule has 7 heteroatoms. The van der Waals surface area contributed by atoms with E-state index in [1.165, 1.54) is 0 Å². The normalized spacial score (nSPS) is 20.3. The lowest BCUT2D eigenvalue weighted by Crippen LogP contribution is -2.36. The minimum atomic E-state index is -4.55. The number of likely N-dealkylation sites (N-methyl/N-ethyl adjacent to an activating group) is 1. The summed E-state index contributed by atoms with van der Waals surface area (Å²) in [6, 6.07) is 8.13. The van der Waals surface area contributed by atoms with Gasteiger partial charge < -0.3 is 9.80 Å². The van der Waals surface area contributed by atoms with Crippen LogP contribution in [-0.4, -0.2) is 57.1 Å². The number of aryl methyl sites for hydroxylation is 1. The van der Waals surface area contributed by atoms with Gasteiger partial charge in [-0.3, -0.25) is 4.79 Å². The Kier molecular flexibility index (Phi) is 5.41. The summed E-state index contributed by atoms with van der Waals surface area (Å²) >= 11 is 0.